The molecule has 1 fully saturated rings. The molecule has 1 aliphatic heterocycles. The van der Waals surface area contributed by atoms with Crippen molar-refractivity contribution in [2.24, 2.45) is 5.73 Å². The maximum Gasteiger partial charge on any atom is 0.255 e. The van der Waals surface area contributed by atoms with Gasteiger partial charge in [-0.05, 0) is 42.9 Å². The highest BCUT2D eigenvalue weighted by Crippen LogP contribution is 2.27. The van der Waals surface area contributed by atoms with Crippen molar-refractivity contribution < 1.29 is 14.3 Å². The van der Waals surface area contributed by atoms with Crippen molar-refractivity contribution in [2.75, 3.05) is 45.7 Å². The number of nitrogens with two attached hydrogens (primary N) is 1. The van der Waals surface area contributed by atoms with Gasteiger partial charge in [-0.25, -0.2) is 0 Å². The zero-order chi connectivity index (χ0) is 20.1. The molecule has 3 N–H and O–H groups in total. The summed E-state index contributed by atoms with van der Waals surface area (Å²) in [5.74, 6) is 0.187. The maximum absolute atomic E-state index is 12.8. The number of ether oxygens (including phenoxy) is 1. The Kier molecular flexibility index (Phi) is 10.1. The summed E-state index contributed by atoms with van der Waals surface area (Å²) in [5, 5.41) is 2.85. The summed E-state index contributed by atoms with van der Waals surface area (Å²) in [6, 6.07) is 12.2. The third-order valence-electron chi connectivity index (χ3n) is 4.94. The molecule has 1 aliphatic rings. The van der Waals surface area contributed by atoms with E-state index in [0.717, 1.165) is 18.7 Å². The van der Waals surface area contributed by atoms with Gasteiger partial charge in [0.25, 0.3) is 11.8 Å². The molecule has 0 spiro atoms. The number of piperazine rings is 1. The molecular formula is C21H28Cl2N4O3. The average molecular weight is 455 g/mol. The molecule has 0 radical (unpaired) electrons. The SMILES string of the molecule is COc1ccc(C(=O)N2CCN(C)CC2)cc1NC(=O)c1ccc(CN)cc1.Cl.Cl. The number of hydrogen-bond donors (Lipinski definition) is 2. The number of hydrogen-bond acceptors (Lipinski definition) is 5. The van der Waals surface area contributed by atoms with E-state index in [0.29, 0.717) is 42.2 Å². The van der Waals surface area contributed by atoms with E-state index in [1.54, 1.807) is 30.3 Å². The van der Waals surface area contributed by atoms with Crippen LogP contribution >= 0.6 is 24.8 Å². The maximum atomic E-state index is 12.8. The predicted molar refractivity (Wildman–Crippen MR) is 123 cm³/mol. The highest BCUT2D eigenvalue weighted by atomic mass is 35.5. The van der Waals surface area contributed by atoms with E-state index < -0.39 is 0 Å². The molecule has 7 nitrogen and oxygen atoms in total. The first kappa shape index (κ1) is 25.7. The molecule has 0 aliphatic carbocycles. The molecule has 3 rings (SSSR count). The van der Waals surface area contributed by atoms with Gasteiger partial charge in [0.05, 0.1) is 12.8 Å². The minimum Gasteiger partial charge on any atom is -0.495 e. The number of benzene rings is 2. The third kappa shape index (κ3) is 6.09. The van der Waals surface area contributed by atoms with Crippen LogP contribution in [0.25, 0.3) is 0 Å². The van der Waals surface area contributed by atoms with Crippen LogP contribution in [-0.4, -0.2) is 62.0 Å². The van der Waals surface area contributed by atoms with Crippen LogP contribution in [0.5, 0.6) is 5.75 Å². The number of nitrogens with zero attached hydrogens (tertiary/aromatic N) is 2. The van der Waals surface area contributed by atoms with Crippen LogP contribution < -0.4 is 15.8 Å². The number of carbonyl (C=O) groups excluding carboxylic acids is 2. The smallest absolute Gasteiger partial charge is 0.255 e. The molecule has 164 valence electrons. The number of rotatable bonds is 5. The molecule has 2 aromatic rings. The molecule has 2 amide bonds. The standard InChI is InChI=1S/C21H26N4O3.2ClH/c1-24-9-11-25(12-10-24)21(27)17-7-8-19(28-2)18(13-17)23-20(26)16-5-3-15(14-22)4-6-16;;/h3-8,13H,9-12,14,22H2,1-2H3,(H,23,26);2*1H. The zero-order valence-electron chi connectivity index (χ0n) is 17.1. The Hall–Kier alpha value is -2.32. The van der Waals surface area contributed by atoms with E-state index in [1.807, 2.05) is 24.1 Å². The van der Waals surface area contributed by atoms with Crippen molar-refractivity contribution in [1.29, 1.82) is 0 Å². The van der Waals surface area contributed by atoms with Gasteiger partial charge in [0.2, 0.25) is 0 Å². The lowest BCUT2D eigenvalue weighted by Crippen LogP contribution is -2.47. The Bertz CT molecular complexity index is 854. The Labute approximate surface area is 189 Å². The summed E-state index contributed by atoms with van der Waals surface area (Å²) < 4.78 is 5.35. The summed E-state index contributed by atoms with van der Waals surface area (Å²) in [6.45, 7) is 3.51. The Morgan fingerprint density at radius 1 is 1.00 bits per heavy atom. The molecule has 0 unspecified atom stereocenters. The first-order valence-electron chi connectivity index (χ1n) is 9.28. The summed E-state index contributed by atoms with van der Waals surface area (Å²) in [6.07, 6.45) is 0. The van der Waals surface area contributed by atoms with Crippen LogP contribution in [0.15, 0.2) is 42.5 Å². The summed E-state index contributed by atoms with van der Waals surface area (Å²) in [5.41, 5.74) is 8.05. The minimum absolute atomic E-state index is 0. The summed E-state index contributed by atoms with van der Waals surface area (Å²) in [7, 11) is 3.58. The second-order valence-corrected chi connectivity index (χ2v) is 6.87. The average Bonchev–Trinajstić information content (AvgIpc) is 2.73. The first-order valence-corrected chi connectivity index (χ1v) is 9.28. The fourth-order valence-electron chi connectivity index (χ4n) is 3.12. The zero-order valence-corrected chi connectivity index (χ0v) is 18.7. The molecule has 1 heterocycles. The largest absolute Gasteiger partial charge is 0.495 e. The fraction of sp³-hybridized carbons (Fsp3) is 0.333. The topological polar surface area (TPSA) is 87.9 Å². The lowest BCUT2D eigenvalue weighted by Gasteiger charge is -2.32. The number of carbonyl (C=O) groups is 2. The number of methoxy groups -OCH3 is 1. The van der Waals surface area contributed by atoms with E-state index in [1.165, 1.54) is 7.11 Å². The predicted octanol–water partition coefficient (Wildman–Crippen LogP) is 2.64. The number of likely N-dealkylation sites (N-methyl/N-ethyl adjacent to an activating group) is 1. The molecule has 0 aromatic heterocycles. The molecular weight excluding hydrogens is 427 g/mol. The second kappa shape index (κ2) is 11.8. The molecule has 0 bridgehead atoms. The van der Waals surface area contributed by atoms with E-state index in [2.05, 4.69) is 10.2 Å². The summed E-state index contributed by atoms with van der Waals surface area (Å²) >= 11 is 0. The van der Waals surface area contributed by atoms with Gasteiger partial charge in [0.1, 0.15) is 5.75 Å². The van der Waals surface area contributed by atoms with Crippen LogP contribution in [0.3, 0.4) is 0 Å². The molecule has 9 heteroatoms. The Morgan fingerprint density at radius 3 is 2.17 bits per heavy atom. The lowest BCUT2D eigenvalue weighted by molar-refractivity contribution is 0.0664. The van der Waals surface area contributed by atoms with Crippen LogP contribution in [0, 0.1) is 0 Å². The molecule has 1 saturated heterocycles. The minimum atomic E-state index is -0.272. The van der Waals surface area contributed by atoms with Crippen LogP contribution in [0.1, 0.15) is 26.3 Å². The first-order chi connectivity index (χ1) is 13.5. The van der Waals surface area contributed by atoms with Gasteiger partial charge in [-0.3, -0.25) is 9.59 Å². The van der Waals surface area contributed by atoms with Crippen LogP contribution in [0.4, 0.5) is 5.69 Å². The van der Waals surface area contributed by atoms with Gasteiger partial charge in [-0.2, -0.15) is 0 Å². The number of halogens is 2. The van der Waals surface area contributed by atoms with Gasteiger partial charge < -0.3 is 25.6 Å². The highest BCUT2D eigenvalue weighted by molar-refractivity contribution is 6.06. The van der Waals surface area contributed by atoms with E-state index in [4.69, 9.17) is 10.5 Å². The Morgan fingerprint density at radius 2 is 1.60 bits per heavy atom. The molecule has 0 atom stereocenters. The lowest BCUT2D eigenvalue weighted by atomic mass is 10.1. The van der Waals surface area contributed by atoms with Crippen molar-refractivity contribution in [2.45, 2.75) is 6.54 Å². The van der Waals surface area contributed by atoms with E-state index in [-0.39, 0.29) is 36.6 Å². The van der Waals surface area contributed by atoms with Gasteiger partial charge >= 0.3 is 0 Å². The van der Waals surface area contributed by atoms with Gasteiger partial charge in [-0.1, -0.05) is 12.1 Å². The Balaban J connectivity index is 0.00000225. The van der Waals surface area contributed by atoms with Crippen molar-refractivity contribution in [3.63, 3.8) is 0 Å². The molecule has 2 aromatic carbocycles. The molecule has 30 heavy (non-hydrogen) atoms. The van der Waals surface area contributed by atoms with Crippen LogP contribution in [0.2, 0.25) is 0 Å². The number of amides is 2. The van der Waals surface area contributed by atoms with Crippen molar-refractivity contribution >= 4 is 42.3 Å². The van der Waals surface area contributed by atoms with E-state index >= 15 is 0 Å². The van der Waals surface area contributed by atoms with Crippen molar-refractivity contribution in [3.05, 3.63) is 59.2 Å². The highest BCUT2D eigenvalue weighted by Gasteiger charge is 2.21. The number of nitrogens with one attached hydrogen (secondary N) is 1. The monoisotopic (exact) mass is 454 g/mol. The van der Waals surface area contributed by atoms with E-state index in [9.17, 15) is 9.59 Å². The molecule has 0 saturated carbocycles. The third-order valence-corrected chi connectivity index (χ3v) is 4.94. The quantitative estimate of drug-likeness (QED) is 0.724. The number of anilines is 1. The fourth-order valence-corrected chi connectivity index (χ4v) is 3.12. The van der Waals surface area contributed by atoms with Gasteiger partial charge in [0.15, 0.2) is 0 Å². The normalized spacial score (nSPS) is 13.6. The van der Waals surface area contributed by atoms with Crippen LogP contribution in [-0.2, 0) is 6.54 Å². The second-order valence-electron chi connectivity index (χ2n) is 6.87. The van der Waals surface area contributed by atoms with Crippen molar-refractivity contribution in [1.82, 2.24) is 9.80 Å². The van der Waals surface area contributed by atoms with Gasteiger partial charge in [0, 0.05) is 43.9 Å². The van der Waals surface area contributed by atoms with Crippen molar-refractivity contribution in [3.8, 4) is 5.75 Å². The summed E-state index contributed by atoms with van der Waals surface area (Å²) in [4.78, 5) is 29.5. The van der Waals surface area contributed by atoms with Gasteiger partial charge in [-0.15, -0.1) is 24.8 Å².